The van der Waals surface area contributed by atoms with Crippen molar-refractivity contribution in [1.29, 1.82) is 0 Å². The summed E-state index contributed by atoms with van der Waals surface area (Å²) in [5.41, 5.74) is 1.70. The van der Waals surface area contributed by atoms with Gasteiger partial charge in [-0.2, -0.15) is 0 Å². The summed E-state index contributed by atoms with van der Waals surface area (Å²) in [7, 11) is 0. The van der Waals surface area contributed by atoms with E-state index in [1.807, 2.05) is 26.0 Å². The van der Waals surface area contributed by atoms with E-state index in [0.717, 1.165) is 12.0 Å². The first-order chi connectivity index (χ1) is 10.0. The Balaban J connectivity index is 2.52. The summed E-state index contributed by atoms with van der Waals surface area (Å²) in [5, 5.41) is 3.69. The van der Waals surface area contributed by atoms with Crippen molar-refractivity contribution in [3.8, 4) is 0 Å². The van der Waals surface area contributed by atoms with Gasteiger partial charge in [-0.05, 0) is 49.2 Å². The Labute approximate surface area is 128 Å². The molecule has 0 saturated heterocycles. The van der Waals surface area contributed by atoms with E-state index < -0.39 is 17.7 Å². The second-order valence-corrected chi connectivity index (χ2v) is 5.45. The molecular formula is C17H18ClF2N. The molecule has 2 aromatic carbocycles. The van der Waals surface area contributed by atoms with E-state index in [0.29, 0.717) is 17.1 Å². The fraction of sp³-hybridized carbons (Fsp3) is 0.294. The molecule has 1 nitrogen and oxygen atoms in total. The quantitative estimate of drug-likeness (QED) is 0.818. The molecule has 0 aliphatic rings. The van der Waals surface area contributed by atoms with Crippen LogP contribution in [0.15, 0.2) is 36.4 Å². The first-order valence-corrected chi connectivity index (χ1v) is 7.35. The van der Waals surface area contributed by atoms with Crippen LogP contribution in [-0.4, -0.2) is 6.54 Å². The minimum Gasteiger partial charge on any atom is -0.306 e. The van der Waals surface area contributed by atoms with Gasteiger partial charge in [0, 0.05) is 10.6 Å². The van der Waals surface area contributed by atoms with E-state index in [4.69, 9.17) is 11.6 Å². The van der Waals surface area contributed by atoms with Crippen LogP contribution >= 0.6 is 11.6 Å². The minimum absolute atomic E-state index is 0.0108. The van der Waals surface area contributed by atoms with Crippen molar-refractivity contribution < 1.29 is 8.78 Å². The maximum absolute atomic E-state index is 14.1. The van der Waals surface area contributed by atoms with Crippen molar-refractivity contribution in [2.45, 2.75) is 26.3 Å². The first kappa shape index (κ1) is 15.9. The number of benzene rings is 2. The van der Waals surface area contributed by atoms with Crippen molar-refractivity contribution in [2.24, 2.45) is 0 Å². The molecular weight excluding hydrogens is 292 g/mol. The molecule has 21 heavy (non-hydrogen) atoms. The lowest BCUT2D eigenvalue weighted by molar-refractivity contribution is 0.503. The molecule has 0 spiro atoms. The maximum atomic E-state index is 14.1. The van der Waals surface area contributed by atoms with Crippen LogP contribution in [0.3, 0.4) is 0 Å². The Hall–Kier alpha value is -1.45. The third-order valence-corrected chi connectivity index (χ3v) is 3.68. The van der Waals surface area contributed by atoms with Crippen molar-refractivity contribution in [3.63, 3.8) is 0 Å². The summed E-state index contributed by atoms with van der Waals surface area (Å²) in [6, 6.07) is 8.80. The smallest absolute Gasteiger partial charge is 0.131 e. The van der Waals surface area contributed by atoms with Crippen LogP contribution < -0.4 is 5.32 Å². The van der Waals surface area contributed by atoms with Crippen LogP contribution in [0.2, 0.25) is 5.02 Å². The lowest BCUT2D eigenvalue weighted by Gasteiger charge is -2.22. The maximum Gasteiger partial charge on any atom is 0.131 e. The van der Waals surface area contributed by atoms with Crippen molar-refractivity contribution in [2.75, 3.05) is 6.54 Å². The molecule has 2 rings (SSSR count). The number of rotatable bonds is 5. The molecule has 0 radical (unpaired) electrons. The summed E-state index contributed by atoms with van der Waals surface area (Å²) in [6.45, 7) is 4.56. The fourth-order valence-corrected chi connectivity index (χ4v) is 2.65. The Morgan fingerprint density at radius 3 is 2.38 bits per heavy atom. The van der Waals surface area contributed by atoms with Gasteiger partial charge < -0.3 is 5.32 Å². The van der Waals surface area contributed by atoms with Gasteiger partial charge in [-0.25, -0.2) is 8.78 Å². The van der Waals surface area contributed by atoms with E-state index in [9.17, 15) is 8.78 Å². The third-order valence-electron chi connectivity index (χ3n) is 3.35. The summed E-state index contributed by atoms with van der Waals surface area (Å²) in [6.07, 6.45) is 0.857. The molecule has 0 bridgehead atoms. The normalized spacial score (nSPS) is 12.4. The third kappa shape index (κ3) is 3.60. The molecule has 1 unspecified atom stereocenters. The van der Waals surface area contributed by atoms with Gasteiger partial charge in [0.05, 0.1) is 6.04 Å². The zero-order chi connectivity index (χ0) is 15.4. The van der Waals surface area contributed by atoms with Crippen LogP contribution in [0.4, 0.5) is 8.78 Å². The molecule has 2 aromatic rings. The number of hydrogen-bond acceptors (Lipinski definition) is 1. The van der Waals surface area contributed by atoms with E-state index in [2.05, 4.69) is 5.32 Å². The molecule has 0 saturated carbocycles. The monoisotopic (exact) mass is 309 g/mol. The highest BCUT2D eigenvalue weighted by molar-refractivity contribution is 6.31. The van der Waals surface area contributed by atoms with Gasteiger partial charge >= 0.3 is 0 Å². The summed E-state index contributed by atoms with van der Waals surface area (Å²) in [5.74, 6) is -1.14. The van der Waals surface area contributed by atoms with Gasteiger partial charge in [0.2, 0.25) is 0 Å². The molecule has 0 amide bonds. The molecule has 112 valence electrons. The van der Waals surface area contributed by atoms with Gasteiger partial charge in [-0.3, -0.25) is 0 Å². The van der Waals surface area contributed by atoms with Crippen molar-refractivity contribution in [3.05, 3.63) is 69.7 Å². The molecule has 0 heterocycles. The van der Waals surface area contributed by atoms with E-state index >= 15 is 0 Å². The topological polar surface area (TPSA) is 12.0 Å². The molecule has 0 aliphatic carbocycles. The Morgan fingerprint density at radius 2 is 1.81 bits per heavy atom. The van der Waals surface area contributed by atoms with Crippen LogP contribution in [0.1, 0.15) is 36.1 Å². The van der Waals surface area contributed by atoms with E-state index in [-0.39, 0.29) is 5.56 Å². The predicted octanol–water partition coefficient (Wildman–Crippen LogP) is 5.02. The molecule has 1 atom stereocenters. The Morgan fingerprint density at radius 1 is 1.14 bits per heavy atom. The highest BCUT2D eigenvalue weighted by Crippen LogP contribution is 2.32. The van der Waals surface area contributed by atoms with Crippen LogP contribution in [0.5, 0.6) is 0 Å². The Kier molecular flexibility index (Phi) is 5.32. The zero-order valence-corrected chi connectivity index (χ0v) is 12.8. The van der Waals surface area contributed by atoms with Crippen molar-refractivity contribution in [1.82, 2.24) is 5.32 Å². The van der Waals surface area contributed by atoms with Gasteiger partial charge in [0.25, 0.3) is 0 Å². The van der Waals surface area contributed by atoms with Crippen LogP contribution in [-0.2, 0) is 0 Å². The lowest BCUT2D eigenvalue weighted by atomic mass is 9.96. The van der Waals surface area contributed by atoms with Gasteiger partial charge in [0.15, 0.2) is 0 Å². The van der Waals surface area contributed by atoms with Crippen molar-refractivity contribution >= 4 is 11.6 Å². The average molecular weight is 310 g/mol. The second-order valence-electron chi connectivity index (χ2n) is 5.05. The highest BCUT2D eigenvalue weighted by atomic mass is 35.5. The molecule has 0 aliphatic heterocycles. The SMILES string of the molecule is CCCNC(c1ccc(C)cc1Cl)c1c(F)cccc1F. The van der Waals surface area contributed by atoms with Gasteiger partial charge in [0.1, 0.15) is 11.6 Å². The number of hydrogen-bond donors (Lipinski definition) is 1. The molecule has 1 N–H and O–H groups in total. The molecule has 4 heteroatoms. The van der Waals surface area contributed by atoms with Crippen LogP contribution in [0, 0.1) is 18.6 Å². The van der Waals surface area contributed by atoms with Crippen LogP contribution in [0.25, 0.3) is 0 Å². The second kappa shape index (κ2) is 7.01. The van der Waals surface area contributed by atoms with Gasteiger partial charge in [-0.15, -0.1) is 0 Å². The standard InChI is InChI=1S/C17H18ClF2N/c1-3-9-21-17(12-8-7-11(2)10-13(12)18)16-14(19)5-4-6-15(16)20/h4-8,10,17,21H,3,9H2,1-2H3. The summed E-state index contributed by atoms with van der Waals surface area (Å²) in [4.78, 5) is 0. The average Bonchev–Trinajstić information content (AvgIpc) is 2.43. The highest BCUT2D eigenvalue weighted by Gasteiger charge is 2.23. The van der Waals surface area contributed by atoms with Gasteiger partial charge in [-0.1, -0.05) is 36.7 Å². The largest absolute Gasteiger partial charge is 0.306 e. The number of nitrogens with one attached hydrogen (secondary N) is 1. The van der Waals surface area contributed by atoms with E-state index in [1.165, 1.54) is 18.2 Å². The lowest BCUT2D eigenvalue weighted by Crippen LogP contribution is -2.25. The predicted molar refractivity (Wildman–Crippen MR) is 82.7 cm³/mol. The Bertz CT molecular complexity index is 608. The van der Waals surface area contributed by atoms with E-state index in [1.54, 1.807) is 6.07 Å². The summed E-state index contributed by atoms with van der Waals surface area (Å²) < 4.78 is 28.2. The number of halogens is 3. The first-order valence-electron chi connectivity index (χ1n) is 6.98. The molecule has 0 aromatic heterocycles. The molecule has 0 fully saturated rings. The zero-order valence-electron chi connectivity index (χ0n) is 12.1. The summed E-state index contributed by atoms with van der Waals surface area (Å²) >= 11 is 6.27. The minimum atomic E-state index is -0.598. The number of aryl methyl sites for hydroxylation is 1. The fourth-order valence-electron chi connectivity index (χ4n) is 2.31.